The van der Waals surface area contributed by atoms with Crippen LogP contribution in [-0.4, -0.2) is 25.8 Å². The van der Waals surface area contributed by atoms with E-state index in [0.29, 0.717) is 13.2 Å². The molecular formula is C8H13O3. The van der Waals surface area contributed by atoms with Gasteiger partial charge in [-0.15, -0.1) is 0 Å². The summed E-state index contributed by atoms with van der Waals surface area (Å²) in [5, 5.41) is 0. The first kappa shape index (κ1) is 10.2. The Kier molecular flexibility index (Phi) is 6.73. The zero-order chi connectivity index (χ0) is 8.53. The Balaban J connectivity index is 3.01. The van der Waals surface area contributed by atoms with E-state index in [4.69, 9.17) is 4.74 Å². The maximum Gasteiger partial charge on any atom is 0.330 e. The molecule has 0 bridgehead atoms. The fourth-order valence-corrected chi connectivity index (χ4v) is 0.464. The van der Waals surface area contributed by atoms with Crippen LogP contribution < -0.4 is 0 Å². The predicted octanol–water partition coefficient (Wildman–Crippen LogP) is 0.956. The van der Waals surface area contributed by atoms with Gasteiger partial charge in [0.2, 0.25) is 0 Å². The average Bonchev–Trinajstić information content (AvgIpc) is 2.04. The molecule has 0 aromatic heterocycles. The molecule has 0 atom stereocenters. The van der Waals surface area contributed by atoms with Gasteiger partial charge in [-0.2, -0.15) is 0 Å². The van der Waals surface area contributed by atoms with E-state index in [2.05, 4.69) is 18.2 Å². The minimum Gasteiger partial charge on any atom is -0.460 e. The average molecular weight is 157 g/mol. The first-order chi connectivity index (χ1) is 5.31. The monoisotopic (exact) mass is 157 g/mol. The zero-order valence-corrected chi connectivity index (χ0v) is 6.54. The van der Waals surface area contributed by atoms with E-state index < -0.39 is 5.97 Å². The second-order valence-corrected chi connectivity index (χ2v) is 1.84. The van der Waals surface area contributed by atoms with Crippen molar-refractivity contribution in [3.8, 4) is 0 Å². The van der Waals surface area contributed by atoms with Crippen LogP contribution in [0.1, 0.15) is 6.42 Å². The first-order valence-corrected chi connectivity index (χ1v) is 3.47. The van der Waals surface area contributed by atoms with Crippen molar-refractivity contribution in [3.05, 3.63) is 19.6 Å². The molecule has 1 radical (unpaired) electrons. The van der Waals surface area contributed by atoms with Crippen molar-refractivity contribution in [1.82, 2.24) is 0 Å². The van der Waals surface area contributed by atoms with Gasteiger partial charge in [-0.3, -0.25) is 0 Å². The van der Waals surface area contributed by atoms with E-state index in [1.54, 1.807) is 0 Å². The Morgan fingerprint density at radius 3 is 2.64 bits per heavy atom. The molecule has 0 fully saturated rings. The Morgan fingerprint density at radius 1 is 1.36 bits per heavy atom. The zero-order valence-electron chi connectivity index (χ0n) is 6.54. The molecule has 0 rings (SSSR count). The number of rotatable bonds is 6. The van der Waals surface area contributed by atoms with E-state index in [1.807, 2.05) is 0 Å². The van der Waals surface area contributed by atoms with Gasteiger partial charge in [-0.25, -0.2) is 4.79 Å². The molecule has 3 nitrogen and oxygen atoms in total. The minimum atomic E-state index is -0.414. The van der Waals surface area contributed by atoms with Gasteiger partial charge in [0.1, 0.15) is 6.61 Å². The van der Waals surface area contributed by atoms with Gasteiger partial charge in [0, 0.05) is 12.7 Å². The normalized spacial score (nSPS) is 9.18. The maximum absolute atomic E-state index is 10.4. The van der Waals surface area contributed by atoms with Crippen LogP contribution in [0.5, 0.6) is 0 Å². The first-order valence-electron chi connectivity index (χ1n) is 3.47. The number of carbonyl (C=O) groups excluding carboxylic acids is 1. The standard InChI is InChI=1S/C8H13O3/c1-3-5-10-6-7-11-8(9)4-2/h4H,1-3,5-7H2. The molecule has 11 heavy (non-hydrogen) atoms. The number of esters is 1. The summed E-state index contributed by atoms with van der Waals surface area (Å²) < 4.78 is 9.64. The Hall–Kier alpha value is -0.830. The lowest BCUT2D eigenvalue weighted by molar-refractivity contribution is -0.139. The van der Waals surface area contributed by atoms with Crippen LogP contribution in [0.15, 0.2) is 12.7 Å². The van der Waals surface area contributed by atoms with Crippen LogP contribution in [-0.2, 0) is 14.3 Å². The second-order valence-electron chi connectivity index (χ2n) is 1.84. The molecule has 0 N–H and O–H groups in total. The fraction of sp³-hybridized carbons (Fsp3) is 0.500. The molecule has 0 amide bonds. The lowest BCUT2D eigenvalue weighted by Gasteiger charge is -2.01. The molecule has 0 aliphatic heterocycles. The van der Waals surface area contributed by atoms with Crippen molar-refractivity contribution in [2.75, 3.05) is 19.8 Å². The summed E-state index contributed by atoms with van der Waals surface area (Å²) in [7, 11) is 0. The van der Waals surface area contributed by atoms with Crippen LogP contribution in [0.2, 0.25) is 0 Å². The van der Waals surface area contributed by atoms with Gasteiger partial charge in [-0.05, 0) is 6.42 Å². The van der Waals surface area contributed by atoms with Crippen LogP contribution >= 0.6 is 0 Å². The number of hydrogen-bond donors (Lipinski definition) is 0. The van der Waals surface area contributed by atoms with Gasteiger partial charge < -0.3 is 9.47 Å². The summed E-state index contributed by atoms with van der Waals surface area (Å²) in [6.07, 6.45) is 1.86. The molecule has 0 aliphatic carbocycles. The van der Waals surface area contributed by atoms with Gasteiger partial charge in [0.25, 0.3) is 0 Å². The highest BCUT2D eigenvalue weighted by molar-refractivity contribution is 5.81. The molecule has 63 valence electrons. The van der Waals surface area contributed by atoms with Crippen LogP contribution in [0.4, 0.5) is 0 Å². The van der Waals surface area contributed by atoms with Crippen molar-refractivity contribution in [1.29, 1.82) is 0 Å². The Bertz CT molecular complexity index is 121. The van der Waals surface area contributed by atoms with Gasteiger partial charge in [0.05, 0.1) is 6.61 Å². The molecule has 0 saturated heterocycles. The van der Waals surface area contributed by atoms with E-state index in [0.717, 1.165) is 12.5 Å². The maximum atomic E-state index is 10.4. The van der Waals surface area contributed by atoms with E-state index >= 15 is 0 Å². The lowest BCUT2D eigenvalue weighted by atomic mass is 10.5. The van der Waals surface area contributed by atoms with Gasteiger partial charge in [0.15, 0.2) is 0 Å². The molecule has 0 aromatic carbocycles. The Morgan fingerprint density at radius 2 is 2.09 bits per heavy atom. The summed E-state index contributed by atoms with van der Waals surface area (Å²) in [5.74, 6) is -0.414. The third-order valence-electron chi connectivity index (χ3n) is 0.927. The predicted molar refractivity (Wildman–Crippen MR) is 41.9 cm³/mol. The molecule has 0 unspecified atom stereocenters. The van der Waals surface area contributed by atoms with E-state index in [1.165, 1.54) is 0 Å². The van der Waals surface area contributed by atoms with Crippen molar-refractivity contribution in [2.24, 2.45) is 0 Å². The summed E-state index contributed by atoms with van der Waals surface area (Å²) in [4.78, 5) is 10.4. The highest BCUT2D eigenvalue weighted by Crippen LogP contribution is 1.82. The van der Waals surface area contributed by atoms with Gasteiger partial charge >= 0.3 is 5.97 Å². The molecule has 0 aliphatic rings. The summed E-state index contributed by atoms with van der Waals surface area (Å²) in [5.41, 5.74) is 0. The second kappa shape index (κ2) is 7.28. The third kappa shape index (κ3) is 7.06. The molecule has 0 spiro atoms. The fourth-order valence-electron chi connectivity index (χ4n) is 0.464. The number of ether oxygens (including phenoxy) is 2. The van der Waals surface area contributed by atoms with Crippen LogP contribution in [0.3, 0.4) is 0 Å². The summed E-state index contributed by atoms with van der Waals surface area (Å²) in [6.45, 7) is 8.15. The van der Waals surface area contributed by atoms with Crippen LogP contribution in [0.25, 0.3) is 0 Å². The van der Waals surface area contributed by atoms with E-state index in [-0.39, 0.29) is 6.61 Å². The topological polar surface area (TPSA) is 35.5 Å². The van der Waals surface area contributed by atoms with Crippen molar-refractivity contribution in [3.63, 3.8) is 0 Å². The molecule has 0 heterocycles. The summed E-state index contributed by atoms with van der Waals surface area (Å²) >= 11 is 0. The van der Waals surface area contributed by atoms with Crippen molar-refractivity contribution < 1.29 is 14.3 Å². The highest BCUT2D eigenvalue weighted by Gasteiger charge is 1.93. The Labute approximate surface area is 67.0 Å². The lowest BCUT2D eigenvalue weighted by Crippen LogP contribution is -2.08. The smallest absolute Gasteiger partial charge is 0.330 e. The quantitative estimate of drug-likeness (QED) is 0.327. The third-order valence-corrected chi connectivity index (χ3v) is 0.927. The molecular weight excluding hydrogens is 144 g/mol. The highest BCUT2D eigenvalue weighted by atomic mass is 16.6. The number of carbonyl (C=O) groups is 1. The SMILES string of the molecule is [CH2]CCOCCOC(=O)C=C. The number of hydrogen-bond acceptors (Lipinski definition) is 3. The summed E-state index contributed by atoms with van der Waals surface area (Å²) in [6, 6.07) is 0. The van der Waals surface area contributed by atoms with Crippen molar-refractivity contribution >= 4 is 5.97 Å². The van der Waals surface area contributed by atoms with E-state index in [9.17, 15) is 4.79 Å². The molecule has 0 aromatic rings. The molecule has 3 heteroatoms. The van der Waals surface area contributed by atoms with Gasteiger partial charge in [-0.1, -0.05) is 13.5 Å². The largest absolute Gasteiger partial charge is 0.460 e. The van der Waals surface area contributed by atoms with Crippen LogP contribution in [0, 0.1) is 6.92 Å². The minimum absolute atomic E-state index is 0.283. The molecule has 0 saturated carbocycles. The van der Waals surface area contributed by atoms with Crippen molar-refractivity contribution in [2.45, 2.75) is 6.42 Å².